The molecule has 2 aliphatic rings. The van der Waals surface area contributed by atoms with Crippen LogP contribution in [0.2, 0.25) is 0 Å². The number of nitrogens with zero attached hydrogens (tertiary/aromatic N) is 2. The van der Waals surface area contributed by atoms with E-state index in [-0.39, 0.29) is 11.1 Å². The van der Waals surface area contributed by atoms with Gasteiger partial charge >= 0.3 is 0 Å². The van der Waals surface area contributed by atoms with Gasteiger partial charge < -0.3 is 15.1 Å². The highest BCUT2D eigenvalue weighted by molar-refractivity contribution is 9.10. The Kier molecular flexibility index (Phi) is 6.05. The molecule has 2 fully saturated rings. The molecule has 2 saturated heterocycles. The molecule has 0 radical (unpaired) electrons. The van der Waals surface area contributed by atoms with Crippen LogP contribution in [-0.2, 0) is 4.79 Å². The van der Waals surface area contributed by atoms with Crippen molar-refractivity contribution in [3.8, 4) is 0 Å². The molecule has 2 heterocycles. The topological polar surface area (TPSA) is 52.7 Å². The average molecular weight is 412 g/mol. The molecular formula is C17H22BrN3O2S. The van der Waals surface area contributed by atoms with Crippen LogP contribution in [0.25, 0.3) is 0 Å². The van der Waals surface area contributed by atoms with Crippen molar-refractivity contribution < 1.29 is 9.59 Å². The first-order chi connectivity index (χ1) is 11.6. The molecule has 0 aromatic heterocycles. The highest BCUT2D eigenvalue weighted by Crippen LogP contribution is 2.26. The number of nitrogens with one attached hydrogen (secondary N) is 1. The number of thioether (sulfide) groups is 1. The van der Waals surface area contributed by atoms with Gasteiger partial charge in [0.1, 0.15) is 0 Å². The monoisotopic (exact) mass is 411 g/mol. The Morgan fingerprint density at radius 3 is 3.00 bits per heavy atom. The molecule has 3 rings (SSSR count). The van der Waals surface area contributed by atoms with Crippen LogP contribution < -0.4 is 10.2 Å². The fourth-order valence-electron chi connectivity index (χ4n) is 3.12. The van der Waals surface area contributed by atoms with Gasteiger partial charge in [0.15, 0.2) is 0 Å². The third kappa shape index (κ3) is 4.66. The van der Waals surface area contributed by atoms with E-state index in [1.165, 1.54) is 17.4 Å². The summed E-state index contributed by atoms with van der Waals surface area (Å²) < 4.78 is 1.09. The fourth-order valence-corrected chi connectivity index (χ4v) is 4.36. The van der Waals surface area contributed by atoms with Crippen molar-refractivity contribution in [2.75, 3.05) is 43.4 Å². The smallest absolute Gasteiger partial charge is 0.281 e. The maximum atomic E-state index is 12.0. The van der Waals surface area contributed by atoms with E-state index in [0.29, 0.717) is 25.4 Å². The largest absolute Gasteiger partial charge is 0.371 e. The minimum atomic E-state index is 0.0422. The Hall–Kier alpha value is -1.21. The van der Waals surface area contributed by atoms with Crippen molar-refractivity contribution in [3.63, 3.8) is 0 Å². The van der Waals surface area contributed by atoms with E-state index in [1.807, 2.05) is 12.1 Å². The van der Waals surface area contributed by atoms with Crippen LogP contribution in [-0.4, -0.2) is 54.5 Å². The van der Waals surface area contributed by atoms with Crippen molar-refractivity contribution in [3.05, 3.63) is 28.7 Å². The molecule has 130 valence electrons. The zero-order valence-electron chi connectivity index (χ0n) is 13.5. The SMILES string of the molecule is O=C(CCN1CCSC1=O)NCC1CCN(c2cccc(Br)c2)C1. The van der Waals surface area contributed by atoms with Gasteiger partial charge in [-0.2, -0.15) is 0 Å². The molecule has 0 saturated carbocycles. The zero-order valence-corrected chi connectivity index (χ0v) is 15.9. The van der Waals surface area contributed by atoms with E-state index in [4.69, 9.17) is 0 Å². The molecule has 1 unspecified atom stereocenters. The second-order valence-corrected chi connectivity index (χ2v) is 8.20. The zero-order chi connectivity index (χ0) is 16.9. The molecule has 1 aromatic carbocycles. The number of carbonyl (C=O) groups is 2. The molecule has 24 heavy (non-hydrogen) atoms. The molecule has 0 bridgehead atoms. The Morgan fingerprint density at radius 1 is 1.38 bits per heavy atom. The lowest BCUT2D eigenvalue weighted by atomic mass is 10.1. The third-order valence-electron chi connectivity index (χ3n) is 4.50. The van der Waals surface area contributed by atoms with Crippen molar-refractivity contribution in [1.82, 2.24) is 10.2 Å². The number of anilines is 1. The maximum absolute atomic E-state index is 12.0. The number of hydrogen-bond donors (Lipinski definition) is 1. The molecule has 1 atom stereocenters. The van der Waals surface area contributed by atoms with Crippen LogP contribution in [0.1, 0.15) is 12.8 Å². The van der Waals surface area contributed by atoms with Crippen molar-refractivity contribution in [1.29, 1.82) is 0 Å². The van der Waals surface area contributed by atoms with Crippen molar-refractivity contribution in [2.24, 2.45) is 5.92 Å². The van der Waals surface area contributed by atoms with Gasteiger partial charge in [0.05, 0.1) is 0 Å². The second kappa shape index (κ2) is 8.25. The van der Waals surface area contributed by atoms with Gasteiger partial charge in [0.2, 0.25) is 5.91 Å². The summed E-state index contributed by atoms with van der Waals surface area (Å²) in [6, 6.07) is 8.33. The van der Waals surface area contributed by atoms with Gasteiger partial charge in [-0.3, -0.25) is 9.59 Å². The average Bonchev–Trinajstić information content (AvgIpc) is 3.20. The first kappa shape index (κ1) is 17.6. The number of amides is 2. The number of hydrogen-bond acceptors (Lipinski definition) is 4. The Bertz CT molecular complexity index is 613. The van der Waals surface area contributed by atoms with E-state index in [0.717, 1.165) is 36.3 Å². The van der Waals surface area contributed by atoms with Crippen LogP contribution in [0.3, 0.4) is 0 Å². The van der Waals surface area contributed by atoms with E-state index < -0.39 is 0 Å². The van der Waals surface area contributed by atoms with Crippen LogP contribution >= 0.6 is 27.7 Å². The summed E-state index contributed by atoms with van der Waals surface area (Å²) in [7, 11) is 0. The minimum absolute atomic E-state index is 0.0422. The molecular weight excluding hydrogens is 390 g/mol. The standard InChI is InChI=1S/C17H22BrN3O2S/c18-14-2-1-3-15(10-14)21-6-4-13(12-21)11-19-16(22)5-7-20-8-9-24-17(20)23/h1-3,10,13H,4-9,11-12H2,(H,19,22). The normalized spacial score (nSPS) is 20.7. The Morgan fingerprint density at radius 2 is 2.25 bits per heavy atom. The van der Waals surface area contributed by atoms with Gasteiger partial charge in [-0.1, -0.05) is 33.8 Å². The van der Waals surface area contributed by atoms with Crippen molar-refractivity contribution in [2.45, 2.75) is 12.8 Å². The highest BCUT2D eigenvalue weighted by Gasteiger charge is 2.24. The summed E-state index contributed by atoms with van der Waals surface area (Å²) in [5.74, 6) is 1.37. The number of rotatable bonds is 6. The highest BCUT2D eigenvalue weighted by atomic mass is 79.9. The Balaban J connectivity index is 1.38. The van der Waals surface area contributed by atoms with E-state index in [1.54, 1.807) is 4.90 Å². The van der Waals surface area contributed by atoms with Crippen LogP contribution in [0.4, 0.5) is 10.5 Å². The van der Waals surface area contributed by atoms with Gasteiger partial charge in [0, 0.05) is 55.1 Å². The fraction of sp³-hybridized carbons (Fsp3) is 0.529. The lowest BCUT2D eigenvalue weighted by molar-refractivity contribution is -0.121. The molecule has 5 nitrogen and oxygen atoms in total. The maximum Gasteiger partial charge on any atom is 0.281 e. The third-order valence-corrected chi connectivity index (χ3v) is 5.89. The van der Waals surface area contributed by atoms with Crippen LogP contribution in [0, 0.1) is 5.92 Å². The molecule has 7 heteroatoms. The summed E-state index contributed by atoms with van der Waals surface area (Å²) in [5, 5.41) is 3.13. The predicted octanol–water partition coefficient (Wildman–Crippen LogP) is 2.95. The van der Waals surface area contributed by atoms with Crippen LogP contribution in [0.5, 0.6) is 0 Å². The minimum Gasteiger partial charge on any atom is -0.371 e. The predicted molar refractivity (Wildman–Crippen MR) is 102 cm³/mol. The summed E-state index contributed by atoms with van der Waals surface area (Å²) in [5.41, 5.74) is 1.23. The van der Waals surface area contributed by atoms with Gasteiger partial charge in [-0.15, -0.1) is 0 Å². The van der Waals surface area contributed by atoms with Crippen LogP contribution in [0.15, 0.2) is 28.7 Å². The first-order valence-corrected chi connectivity index (χ1v) is 10.1. The number of carbonyl (C=O) groups excluding carboxylic acids is 2. The molecule has 0 aliphatic carbocycles. The molecule has 0 spiro atoms. The van der Waals surface area contributed by atoms with Gasteiger partial charge in [0.25, 0.3) is 5.24 Å². The van der Waals surface area contributed by atoms with Gasteiger partial charge in [-0.05, 0) is 30.5 Å². The summed E-state index contributed by atoms with van der Waals surface area (Å²) in [6.07, 6.45) is 1.49. The lowest BCUT2D eigenvalue weighted by Crippen LogP contribution is -2.34. The summed E-state index contributed by atoms with van der Waals surface area (Å²) in [4.78, 5) is 27.6. The van der Waals surface area contributed by atoms with E-state index in [9.17, 15) is 9.59 Å². The van der Waals surface area contributed by atoms with Gasteiger partial charge in [-0.25, -0.2) is 0 Å². The van der Waals surface area contributed by atoms with Crippen molar-refractivity contribution >= 4 is 44.5 Å². The second-order valence-electron chi connectivity index (χ2n) is 6.24. The quantitative estimate of drug-likeness (QED) is 0.781. The molecule has 2 aliphatic heterocycles. The first-order valence-electron chi connectivity index (χ1n) is 8.31. The summed E-state index contributed by atoms with van der Waals surface area (Å²) in [6.45, 7) is 4.01. The van der Waals surface area contributed by atoms with E-state index in [2.05, 4.69) is 38.3 Å². The lowest BCUT2D eigenvalue weighted by Gasteiger charge is -2.19. The Labute approximate surface area is 155 Å². The number of halogens is 1. The number of benzene rings is 1. The van der Waals surface area contributed by atoms with E-state index >= 15 is 0 Å². The molecule has 1 aromatic rings. The molecule has 1 N–H and O–H groups in total. The molecule has 2 amide bonds. The summed E-state index contributed by atoms with van der Waals surface area (Å²) >= 11 is 4.85.